The first-order chi connectivity index (χ1) is 9.33. The van der Waals surface area contributed by atoms with Crippen LogP contribution in [0.25, 0.3) is 0 Å². The molecule has 1 aromatic heterocycles. The highest BCUT2D eigenvalue weighted by Gasteiger charge is 2.29. The van der Waals surface area contributed by atoms with E-state index < -0.39 is 6.10 Å². The normalized spacial score (nSPS) is 16.5. The van der Waals surface area contributed by atoms with Gasteiger partial charge in [-0.1, -0.05) is 30.3 Å². The van der Waals surface area contributed by atoms with E-state index in [0.29, 0.717) is 23.3 Å². The van der Waals surface area contributed by atoms with Gasteiger partial charge in [0.25, 0.3) is 0 Å². The summed E-state index contributed by atoms with van der Waals surface area (Å²) < 4.78 is 5.57. The van der Waals surface area contributed by atoms with Crippen LogP contribution in [0.15, 0.2) is 34.7 Å². The van der Waals surface area contributed by atoms with Crippen molar-refractivity contribution in [2.75, 3.05) is 5.75 Å². The smallest absolute Gasteiger partial charge is 0.226 e. The Balaban J connectivity index is 1.47. The van der Waals surface area contributed by atoms with Gasteiger partial charge in [-0.2, -0.15) is 0 Å². The maximum Gasteiger partial charge on any atom is 0.226 e. The Kier molecular flexibility index (Phi) is 3.84. The van der Waals surface area contributed by atoms with Gasteiger partial charge >= 0.3 is 0 Å². The van der Waals surface area contributed by atoms with E-state index in [1.165, 1.54) is 12.8 Å². The Morgan fingerprint density at radius 2 is 2.05 bits per heavy atom. The van der Waals surface area contributed by atoms with Gasteiger partial charge < -0.3 is 9.52 Å². The highest BCUT2D eigenvalue weighted by molar-refractivity contribution is 7.98. The topological polar surface area (TPSA) is 59.2 Å². The predicted molar refractivity (Wildman–Crippen MR) is 73.8 cm³/mol. The number of nitrogens with zero attached hydrogens (tertiary/aromatic N) is 2. The van der Waals surface area contributed by atoms with Crippen LogP contribution in [0.1, 0.15) is 42.2 Å². The third kappa shape index (κ3) is 3.36. The van der Waals surface area contributed by atoms with Crippen LogP contribution < -0.4 is 0 Å². The molecule has 1 unspecified atom stereocenters. The largest absolute Gasteiger partial charge is 0.424 e. The number of aliphatic hydroxyl groups excluding tert-OH is 1. The molecule has 1 saturated carbocycles. The van der Waals surface area contributed by atoms with Crippen LogP contribution in [0.3, 0.4) is 0 Å². The molecule has 1 N–H and O–H groups in total. The fourth-order valence-corrected chi connectivity index (χ4v) is 2.67. The lowest BCUT2D eigenvalue weighted by Gasteiger charge is -2.09. The van der Waals surface area contributed by atoms with Gasteiger partial charge in [0.15, 0.2) is 0 Å². The van der Waals surface area contributed by atoms with Gasteiger partial charge in [-0.05, 0) is 18.4 Å². The SMILES string of the molecule is OC(CSCc1nnc(C2CC2)o1)c1ccccc1. The minimum atomic E-state index is -0.447. The quantitative estimate of drug-likeness (QED) is 0.879. The van der Waals surface area contributed by atoms with Gasteiger partial charge in [0, 0.05) is 11.7 Å². The molecule has 1 heterocycles. The molecule has 0 amide bonds. The summed E-state index contributed by atoms with van der Waals surface area (Å²) >= 11 is 1.61. The van der Waals surface area contributed by atoms with Crippen LogP contribution in [0.2, 0.25) is 0 Å². The van der Waals surface area contributed by atoms with E-state index >= 15 is 0 Å². The third-order valence-corrected chi connectivity index (χ3v) is 4.10. The van der Waals surface area contributed by atoms with Gasteiger partial charge in [-0.25, -0.2) is 0 Å². The van der Waals surface area contributed by atoms with E-state index in [0.717, 1.165) is 11.5 Å². The molecular formula is C14H16N2O2S. The molecule has 0 radical (unpaired) electrons. The van der Waals surface area contributed by atoms with Gasteiger partial charge in [0.05, 0.1) is 11.9 Å². The molecule has 1 aliphatic rings. The Bertz CT molecular complexity index is 525. The van der Waals surface area contributed by atoms with E-state index in [2.05, 4.69) is 10.2 Å². The summed E-state index contributed by atoms with van der Waals surface area (Å²) in [5.41, 5.74) is 0.944. The van der Waals surface area contributed by atoms with E-state index in [9.17, 15) is 5.11 Å². The second kappa shape index (κ2) is 5.75. The zero-order valence-electron chi connectivity index (χ0n) is 10.5. The first kappa shape index (κ1) is 12.7. The van der Waals surface area contributed by atoms with Crippen LogP contribution in [0.5, 0.6) is 0 Å². The third-order valence-electron chi connectivity index (χ3n) is 3.09. The first-order valence-corrected chi connectivity index (χ1v) is 7.61. The maximum absolute atomic E-state index is 10.0. The van der Waals surface area contributed by atoms with E-state index in [1.807, 2.05) is 30.3 Å². The summed E-state index contributed by atoms with van der Waals surface area (Å²) in [6.45, 7) is 0. The lowest BCUT2D eigenvalue weighted by Crippen LogP contribution is -2.00. The van der Waals surface area contributed by atoms with Crippen molar-refractivity contribution in [2.45, 2.75) is 30.6 Å². The molecule has 1 aliphatic carbocycles. The van der Waals surface area contributed by atoms with E-state index in [1.54, 1.807) is 11.8 Å². The molecule has 19 heavy (non-hydrogen) atoms. The van der Waals surface area contributed by atoms with Gasteiger partial charge in [0.2, 0.25) is 11.8 Å². The standard InChI is InChI=1S/C14H16N2O2S/c17-12(10-4-2-1-3-5-10)8-19-9-13-15-16-14(18-13)11-6-7-11/h1-5,11-12,17H,6-9H2. The van der Waals surface area contributed by atoms with Gasteiger partial charge in [0.1, 0.15) is 0 Å². The molecular weight excluding hydrogens is 260 g/mol. The molecule has 1 fully saturated rings. The van der Waals surface area contributed by atoms with Crippen molar-refractivity contribution in [2.24, 2.45) is 0 Å². The summed E-state index contributed by atoms with van der Waals surface area (Å²) in [7, 11) is 0. The zero-order valence-corrected chi connectivity index (χ0v) is 11.3. The second-order valence-corrected chi connectivity index (χ2v) is 5.78. The van der Waals surface area contributed by atoms with E-state index in [4.69, 9.17) is 4.42 Å². The minimum Gasteiger partial charge on any atom is -0.424 e. The van der Waals surface area contributed by atoms with Crippen molar-refractivity contribution in [3.8, 4) is 0 Å². The molecule has 0 saturated heterocycles. The van der Waals surface area contributed by atoms with Crippen molar-refractivity contribution < 1.29 is 9.52 Å². The molecule has 0 spiro atoms. The van der Waals surface area contributed by atoms with Crippen molar-refractivity contribution >= 4 is 11.8 Å². The predicted octanol–water partition coefficient (Wildman–Crippen LogP) is 2.91. The molecule has 5 heteroatoms. The number of thioether (sulfide) groups is 1. The van der Waals surface area contributed by atoms with Crippen molar-refractivity contribution in [1.82, 2.24) is 10.2 Å². The molecule has 1 aromatic carbocycles. The Labute approximate surface area is 116 Å². The van der Waals surface area contributed by atoms with Crippen LogP contribution in [-0.4, -0.2) is 21.1 Å². The fraction of sp³-hybridized carbons (Fsp3) is 0.429. The Morgan fingerprint density at radius 3 is 2.79 bits per heavy atom. The van der Waals surface area contributed by atoms with Gasteiger partial charge in [-0.3, -0.25) is 0 Å². The molecule has 1 atom stereocenters. The highest BCUT2D eigenvalue weighted by atomic mass is 32.2. The molecule has 0 bridgehead atoms. The van der Waals surface area contributed by atoms with Crippen LogP contribution >= 0.6 is 11.8 Å². The average Bonchev–Trinajstić information content (AvgIpc) is 3.20. The summed E-state index contributed by atoms with van der Waals surface area (Å²) in [5, 5.41) is 18.1. The lowest BCUT2D eigenvalue weighted by molar-refractivity contribution is 0.204. The molecule has 2 aromatic rings. The van der Waals surface area contributed by atoms with Crippen LogP contribution in [0.4, 0.5) is 0 Å². The van der Waals surface area contributed by atoms with Gasteiger partial charge in [-0.15, -0.1) is 22.0 Å². The van der Waals surface area contributed by atoms with Crippen molar-refractivity contribution in [3.63, 3.8) is 0 Å². The minimum absolute atomic E-state index is 0.447. The number of rotatable bonds is 6. The number of hydrogen-bond acceptors (Lipinski definition) is 5. The second-order valence-electron chi connectivity index (χ2n) is 4.75. The number of aliphatic hydroxyl groups is 1. The number of hydrogen-bond donors (Lipinski definition) is 1. The zero-order chi connectivity index (χ0) is 13.1. The summed E-state index contributed by atoms with van der Waals surface area (Å²) in [4.78, 5) is 0. The monoisotopic (exact) mass is 276 g/mol. The molecule has 4 nitrogen and oxygen atoms in total. The first-order valence-electron chi connectivity index (χ1n) is 6.46. The Hall–Kier alpha value is -1.33. The Morgan fingerprint density at radius 1 is 1.26 bits per heavy atom. The van der Waals surface area contributed by atoms with Crippen molar-refractivity contribution in [1.29, 1.82) is 0 Å². The summed E-state index contributed by atoms with van der Waals surface area (Å²) in [6, 6.07) is 9.68. The number of benzene rings is 1. The lowest BCUT2D eigenvalue weighted by atomic mass is 10.1. The highest BCUT2D eigenvalue weighted by Crippen LogP contribution is 2.39. The van der Waals surface area contributed by atoms with Crippen molar-refractivity contribution in [3.05, 3.63) is 47.7 Å². The fourth-order valence-electron chi connectivity index (χ4n) is 1.85. The average molecular weight is 276 g/mol. The van der Waals surface area contributed by atoms with Crippen LogP contribution in [-0.2, 0) is 5.75 Å². The summed E-state index contributed by atoms with van der Waals surface area (Å²) in [6.07, 6.45) is 1.89. The van der Waals surface area contributed by atoms with E-state index in [-0.39, 0.29) is 0 Å². The molecule has 100 valence electrons. The maximum atomic E-state index is 10.0. The molecule has 3 rings (SSSR count). The number of aromatic nitrogens is 2. The van der Waals surface area contributed by atoms with Crippen LogP contribution in [0, 0.1) is 0 Å². The molecule has 0 aliphatic heterocycles. The summed E-state index contributed by atoms with van der Waals surface area (Å²) in [5.74, 6) is 3.22.